The van der Waals surface area contributed by atoms with Crippen molar-refractivity contribution in [1.82, 2.24) is 4.57 Å². The summed E-state index contributed by atoms with van der Waals surface area (Å²) in [7, 11) is 0. The van der Waals surface area contributed by atoms with Crippen LogP contribution in [0.25, 0.3) is 66.1 Å². The highest BCUT2D eigenvalue weighted by molar-refractivity contribution is 6.38. The summed E-state index contributed by atoms with van der Waals surface area (Å²) in [6.45, 7) is 6.47. The van der Waals surface area contributed by atoms with Gasteiger partial charge in [-0.15, -0.1) is 0 Å². The van der Waals surface area contributed by atoms with E-state index >= 15 is 0 Å². The van der Waals surface area contributed by atoms with Crippen LogP contribution in [0.15, 0.2) is 73.3 Å². The Kier molecular flexibility index (Phi) is 4.74. The molecule has 0 unspecified atom stereocenters. The molecule has 7 rings (SSSR count). The molecular formula is C34H31N. The monoisotopic (exact) mass is 453 g/mol. The van der Waals surface area contributed by atoms with Crippen molar-refractivity contribution in [1.29, 1.82) is 0 Å². The van der Waals surface area contributed by atoms with E-state index < -0.39 is 0 Å². The van der Waals surface area contributed by atoms with Crippen LogP contribution < -0.4 is 0 Å². The first-order valence-corrected chi connectivity index (χ1v) is 13.2. The molecule has 35 heavy (non-hydrogen) atoms. The maximum Gasteiger partial charge on any atom is 0.0500 e. The number of fused-ring (bicyclic) bond motifs is 5. The highest BCUT2D eigenvalue weighted by atomic mass is 15.0. The van der Waals surface area contributed by atoms with E-state index in [9.17, 15) is 0 Å². The van der Waals surface area contributed by atoms with Crippen molar-refractivity contribution >= 4 is 66.1 Å². The van der Waals surface area contributed by atoms with Crippen molar-refractivity contribution in [2.45, 2.75) is 51.5 Å². The van der Waals surface area contributed by atoms with Crippen molar-refractivity contribution < 1.29 is 0 Å². The van der Waals surface area contributed by atoms with Gasteiger partial charge in [0.2, 0.25) is 0 Å². The molecule has 1 saturated carbocycles. The molecule has 0 amide bonds. The summed E-state index contributed by atoms with van der Waals surface area (Å²) >= 11 is 0. The van der Waals surface area contributed by atoms with Crippen LogP contribution in [0.5, 0.6) is 0 Å². The predicted molar refractivity (Wildman–Crippen MR) is 155 cm³/mol. The first-order chi connectivity index (χ1) is 17.3. The van der Waals surface area contributed by atoms with Gasteiger partial charge in [-0.3, -0.25) is 0 Å². The van der Waals surface area contributed by atoms with Crippen molar-refractivity contribution in [3.8, 4) is 0 Å². The molecule has 0 saturated heterocycles. The van der Waals surface area contributed by atoms with Crippen LogP contribution >= 0.6 is 0 Å². The molecule has 1 aliphatic rings. The third-order valence-electron chi connectivity index (χ3n) is 8.41. The normalized spacial score (nSPS) is 15.9. The highest BCUT2D eigenvalue weighted by Gasteiger charge is 2.24. The van der Waals surface area contributed by atoms with Gasteiger partial charge in [0.05, 0.1) is 5.52 Å². The maximum atomic E-state index is 4.33. The van der Waals surface area contributed by atoms with Gasteiger partial charge in [0.15, 0.2) is 0 Å². The van der Waals surface area contributed by atoms with Gasteiger partial charge in [-0.1, -0.05) is 99.0 Å². The molecule has 1 aliphatic carbocycles. The molecule has 1 fully saturated rings. The average Bonchev–Trinajstić information content (AvgIpc) is 3.02. The molecule has 0 atom stereocenters. The van der Waals surface area contributed by atoms with Crippen LogP contribution in [0, 0.1) is 0 Å². The van der Waals surface area contributed by atoms with Crippen LogP contribution in [0.3, 0.4) is 0 Å². The molecule has 172 valence electrons. The lowest BCUT2D eigenvalue weighted by Crippen LogP contribution is -2.09. The second-order valence-electron chi connectivity index (χ2n) is 10.3. The van der Waals surface area contributed by atoms with E-state index in [0.29, 0.717) is 6.04 Å². The molecule has 0 N–H and O–H groups in total. The van der Waals surface area contributed by atoms with E-state index in [4.69, 9.17) is 0 Å². The Bertz CT molecular complexity index is 1770. The van der Waals surface area contributed by atoms with Gasteiger partial charge in [0.1, 0.15) is 0 Å². The standard InChI is InChI=1S/C34H31N/c1-3-11-29-25(4-2)34-30(35(29)24-14-7-5-6-8-15-24)21-20-27-26-16-9-12-22-18-19-23-13-10-17-28(33(27)34)32(23)31(22)26/h3-4,9-13,16-21,24H,2,5-8,14-15H2,1H3/b11-3-. The fourth-order valence-corrected chi connectivity index (χ4v) is 6.99. The SMILES string of the molecule is C=Cc1c(/C=C\C)n(C2CCCCCC2)c2ccc3c4cccc5ccc6cccc(c3c12)c6c54. The summed E-state index contributed by atoms with van der Waals surface area (Å²) < 4.78 is 2.67. The summed E-state index contributed by atoms with van der Waals surface area (Å²) in [6, 6.07) is 23.5. The minimum atomic E-state index is 0.549. The Morgan fingerprint density at radius 1 is 0.714 bits per heavy atom. The van der Waals surface area contributed by atoms with Gasteiger partial charge < -0.3 is 4.57 Å². The van der Waals surface area contributed by atoms with E-state index in [1.807, 2.05) is 0 Å². The molecule has 1 aromatic heterocycles. The quantitative estimate of drug-likeness (QED) is 0.143. The minimum absolute atomic E-state index is 0.549. The largest absolute Gasteiger partial charge is 0.337 e. The number of rotatable bonds is 3. The number of hydrogen-bond acceptors (Lipinski definition) is 0. The second-order valence-corrected chi connectivity index (χ2v) is 10.3. The predicted octanol–water partition coefficient (Wildman–Crippen LogP) is 10.3. The molecule has 0 bridgehead atoms. The summed E-state index contributed by atoms with van der Waals surface area (Å²) in [6.07, 6.45) is 14.5. The zero-order valence-electron chi connectivity index (χ0n) is 20.5. The van der Waals surface area contributed by atoms with Gasteiger partial charge >= 0.3 is 0 Å². The fourth-order valence-electron chi connectivity index (χ4n) is 6.99. The van der Waals surface area contributed by atoms with Crippen molar-refractivity contribution in [2.24, 2.45) is 0 Å². The van der Waals surface area contributed by atoms with E-state index in [0.717, 1.165) is 0 Å². The van der Waals surface area contributed by atoms with Crippen LogP contribution in [-0.4, -0.2) is 4.57 Å². The third kappa shape index (κ3) is 2.88. The number of hydrogen-bond donors (Lipinski definition) is 0. The number of nitrogens with zero attached hydrogens (tertiary/aromatic N) is 1. The number of aromatic nitrogens is 1. The smallest absolute Gasteiger partial charge is 0.0500 e. The zero-order valence-corrected chi connectivity index (χ0v) is 20.5. The van der Waals surface area contributed by atoms with Crippen LogP contribution in [-0.2, 0) is 0 Å². The van der Waals surface area contributed by atoms with Crippen LogP contribution in [0.2, 0.25) is 0 Å². The fraction of sp³-hybridized carbons (Fsp3) is 0.235. The highest BCUT2D eigenvalue weighted by Crippen LogP contribution is 2.46. The van der Waals surface area contributed by atoms with Gasteiger partial charge in [0, 0.05) is 28.1 Å². The molecule has 0 radical (unpaired) electrons. The van der Waals surface area contributed by atoms with E-state index in [1.54, 1.807) is 0 Å². The summed E-state index contributed by atoms with van der Waals surface area (Å²) in [5, 5.41) is 12.2. The summed E-state index contributed by atoms with van der Waals surface area (Å²) in [4.78, 5) is 0. The first kappa shape index (κ1) is 20.8. The Labute approximate surface area is 206 Å². The molecule has 1 nitrogen and oxygen atoms in total. The molecular weight excluding hydrogens is 422 g/mol. The molecule has 6 aromatic rings. The third-order valence-corrected chi connectivity index (χ3v) is 8.41. The first-order valence-electron chi connectivity index (χ1n) is 13.2. The Morgan fingerprint density at radius 3 is 2.06 bits per heavy atom. The molecule has 0 aliphatic heterocycles. The van der Waals surface area contributed by atoms with Crippen molar-refractivity contribution in [2.75, 3.05) is 0 Å². The Balaban J connectivity index is 1.73. The summed E-state index contributed by atoms with van der Waals surface area (Å²) in [5.74, 6) is 0. The van der Waals surface area contributed by atoms with Gasteiger partial charge in [0.25, 0.3) is 0 Å². The second kappa shape index (κ2) is 7.99. The maximum absolute atomic E-state index is 4.33. The van der Waals surface area contributed by atoms with Gasteiger partial charge in [-0.05, 0) is 69.6 Å². The van der Waals surface area contributed by atoms with E-state index in [1.165, 1.54) is 104 Å². The lowest BCUT2D eigenvalue weighted by atomic mass is 9.87. The average molecular weight is 454 g/mol. The Hall–Kier alpha value is -3.58. The molecule has 1 heterocycles. The zero-order chi connectivity index (χ0) is 23.5. The Morgan fingerprint density at radius 2 is 1.37 bits per heavy atom. The molecule has 0 spiro atoms. The lowest BCUT2D eigenvalue weighted by molar-refractivity contribution is 0.454. The minimum Gasteiger partial charge on any atom is -0.337 e. The summed E-state index contributed by atoms with van der Waals surface area (Å²) in [5.41, 5.74) is 3.96. The van der Waals surface area contributed by atoms with E-state index in [-0.39, 0.29) is 0 Å². The molecule has 1 heteroatoms. The van der Waals surface area contributed by atoms with Crippen molar-refractivity contribution in [3.05, 3.63) is 84.6 Å². The molecule has 5 aromatic carbocycles. The van der Waals surface area contributed by atoms with Crippen molar-refractivity contribution in [3.63, 3.8) is 0 Å². The van der Waals surface area contributed by atoms with Gasteiger partial charge in [-0.25, -0.2) is 0 Å². The lowest BCUT2D eigenvalue weighted by Gasteiger charge is -2.21. The van der Waals surface area contributed by atoms with Crippen LogP contribution in [0.1, 0.15) is 62.7 Å². The van der Waals surface area contributed by atoms with Gasteiger partial charge in [-0.2, -0.15) is 0 Å². The van der Waals surface area contributed by atoms with E-state index in [2.05, 4.69) is 97.0 Å². The number of allylic oxidation sites excluding steroid dienone is 1. The number of benzene rings is 5. The topological polar surface area (TPSA) is 4.93 Å². The van der Waals surface area contributed by atoms with Crippen LogP contribution in [0.4, 0.5) is 0 Å².